The van der Waals surface area contributed by atoms with Crippen molar-refractivity contribution in [1.82, 2.24) is 0 Å². The molecular weight excluding hydrogens is 359 g/mol. The molecule has 0 aromatic heterocycles. The second-order valence-electron chi connectivity index (χ2n) is 2.44. The number of nitrogens with zero attached hydrogens (tertiary/aromatic N) is 2. The highest BCUT2D eigenvalue weighted by Crippen LogP contribution is 2.17. The van der Waals surface area contributed by atoms with E-state index in [0.717, 1.165) is 13.6 Å². The molecule has 4 nitrogen and oxygen atoms in total. The Morgan fingerprint density at radius 3 is 2.71 bits per heavy atom. The maximum atomic E-state index is 5.12. The van der Waals surface area contributed by atoms with Gasteiger partial charge in [-0.25, -0.2) is 0 Å². The Hall–Kier alpha value is -0.630. The molecule has 0 saturated carbocycles. The summed E-state index contributed by atoms with van der Waals surface area (Å²) in [5, 5.41) is 7.23. The first kappa shape index (κ1) is 11.4. The second-order valence-corrected chi connectivity index (χ2v) is 4.51. The Labute approximate surface area is 104 Å². The lowest BCUT2D eigenvalue weighted by Crippen LogP contribution is -2.21. The zero-order valence-corrected chi connectivity index (χ0v) is 10.9. The fourth-order valence-corrected chi connectivity index (χ4v) is 2.21. The van der Waals surface area contributed by atoms with Crippen molar-refractivity contribution in [1.29, 1.82) is 0 Å². The predicted molar refractivity (Wildman–Crippen MR) is 70.3 cm³/mol. The summed E-state index contributed by atoms with van der Waals surface area (Å²) in [5.41, 5.74) is 11.2. The van der Waals surface area contributed by atoms with Crippen LogP contribution in [0.15, 0.2) is 32.9 Å². The number of hydrogen-bond acceptors (Lipinski definition) is 2. The van der Waals surface area contributed by atoms with Crippen molar-refractivity contribution < 1.29 is 0 Å². The van der Waals surface area contributed by atoms with E-state index in [1.165, 1.54) is 0 Å². The van der Waals surface area contributed by atoms with Gasteiger partial charge < -0.3 is 11.5 Å². The molecule has 74 valence electrons. The highest BCUT2D eigenvalue weighted by molar-refractivity contribution is 14.1. The first-order valence-corrected chi connectivity index (χ1v) is 5.54. The molecular formula is C8H8BrIN4. The first-order valence-electron chi connectivity index (χ1n) is 3.66. The van der Waals surface area contributed by atoms with Crippen molar-refractivity contribution in [3.8, 4) is 0 Å². The van der Waals surface area contributed by atoms with Crippen LogP contribution < -0.4 is 11.5 Å². The summed E-state index contributed by atoms with van der Waals surface area (Å²) in [6.45, 7) is 0. The Kier molecular flexibility index (Phi) is 4.33. The highest BCUT2D eigenvalue weighted by Gasteiger charge is 1.96. The Balaban J connectivity index is 2.87. The lowest BCUT2D eigenvalue weighted by molar-refractivity contribution is 1.21. The number of halogens is 2. The lowest BCUT2D eigenvalue weighted by Gasteiger charge is -1.97. The van der Waals surface area contributed by atoms with E-state index >= 15 is 0 Å². The summed E-state index contributed by atoms with van der Waals surface area (Å²) >= 11 is 5.58. The van der Waals surface area contributed by atoms with Crippen LogP contribution in [0.4, 0.5) is 0 Å². The highest BCUT2D eigenvalue weighted by atomic mass is 127. The van der Waals surface area contributed by atoms with Crippen molar-refractivity contribution >= 4 is 50.7 Å². The fourth-order valence-electron chi connectivity index (χ4n) is 0.764. The second kappa shape index (κ2) is 5.30. The van der Waals surface area contributed by atoms with Gasteiger partial charge in [0.05, 0.1) is 6.21 Å². The monoisotopic (exact) mass is 366 g/mol. The number of benzene rings is 1. The predicted octanol–water partition coefficient (Wildman–Crippen LogP) is 1.66. The smallest absolute Gasteiger partial charge is 0.211 e. The molecule has 1 aromatic carbocycles. The molecule has 0 spiro atoms. The number of nitrogens with two attached hydrogens (primary N) is 2. The fraction of sp³-hybridized carbons (Fsp3) is 0. The van der Waals surface area contributed by atoms with E-state index in [1.807, 2.05) is 18.2 Å². The van der Waals surface area contributed by atoms with E-state index in [4.69, 9.17) is 11.5 Å². The summed E-state index contributed by atoms with van der Waals surface area (Å²) in [4.78, 5) is 0. The van der Waals surface area contributed by atoms with Gasteiger partial charge in [-0.05, 0) is 34.7 Å². The van der Waals surface area contributed by atoms with Gasteiger partial charge in [-0.2, -0.15) is 5.10 Å². The standard InChI is InChI=1S/C8H8BrIN4/c9-6-2-1-5(7(10)3-6)4-13-14-8(11)12/h1-4H,(H4,11,12,14)/b13-4+. The summed E-state index contributed by atoms with van der Waals surface area (Å²) in [6.07, 6.45) is 1.61. The van der Waals surface area contributed by atoms with Gasteiger partial charge in [-0.15, -0.1) is 5.10 Å². The Morgan fingerprint density at radius 2 is 2.14 bits per heavy atom. The van der Waals surface area contributed by atoms with Crippen LogP contribution in [-0.2, 0) is 0 Å². The third-order valence-electron chi connectivity index (χ3n) is 1.33. The van der Waals surface area contributed by atoms with Crippen molar-refractivity contribution in [2.24, 2.45) is 21.7 Å². The molecule has 0 radical (unpaired) electrons. The molecule has 0 heterocycles. The van der Waals surface area contributed by atoms with Crippen molar-refractivity contribution in [2.45, 2.75) is 0 Å². The van der Waals surface area contributed by atoms with Crippen LogP contribution in [0.1, 0.15) is 5.56 Å². The quantitative estimate of drug-likeness (QED) is 0.361. The average molecular weight is 367 g/mol. The Bertz CT molecular complexity index is 385. The molecule has 6 heteroatoms. The third kappa shape index (κ3) is 3.62. The topological polar surface area (TPSA) is 76.8 Å². The van der Waals surface area contributed by atoms with Gasteiger partial charge in [0.2, 0.25) is 5.96 Å². The molecule has 0 aliphatic heterocycles. The molecule has 1 aromatic rings. The molecule has 0 fully saturated rings. The van der Waals surface area contributed by atoms with Gasteiger partial charge in [0.1, 0.15) is 0 Å². The number of hydrogen-bond donors (Lipinski definition) is 2. The van der Waals surface area contributed by atoms with Crippen LogP contribution >= 0.6 is 38.5 Å². The zero-order valence-electron chi connectivity index (χ0n) is 7.11. The normalized spacial score (nSPS) is 10.4. The van der Waals surface area contributed by atoms with E-state index in [1.54, 1.807) is 6.21 Å². The van der Waals surface area contributed by atoms with E-state index in [9.17, 15) is 0 Å². The molecule has 0 saturated heterocycles. The van der Waals surface area contributed by atoms with Crippen LogP contribution in [0.3, 0.4) is 0 Å². The molecule has 0 aliphatic carbocycles. The van der Waals surface area contributed by atoms with Gasteiger partial charge in [0.15, 0.2) is 0 Å². The Morgan fingerprint density at radius 1 is 1.43 bits per heavy atom. The van der Waals surface area contributed by atoms with Crippen LogP contribution in [0.5, 0.6) is 0 Å². The average Bonchev–Trinajstić information content (AvgIpc) is 2.08. The maximum absolute atomic E-state index is 5.12. The molecule has 1 rings (SSSR count). The number of guanidine groups is 1. The third-order valence-corrected chi connectivity index (χ3v) is 2.76. The molecule has 0 aliphatic rings. The zero-order chi connectivity index (χ0) is 10.6. The van der Waals surface area contributed by atoms with Crippen molar-refractivity contribution in [3.63, 3.8) is 0 Å². The van der Waals surface area contributed by atoms with E-state index in [-0.39, 0.29) is 5.96 Å². The molecule has 14 heavy (non-hydrogen) atoms. The van der Waals surface area contributed by atoms with Crippen LogP contribution in [-0.4, -0.2) is 12.2 Å². The van der Waals surface area contributed by atoms with Gasteiger partial charge in [-0.3, -0.25) is 0 Å². The van der Waals surface area contributed by atoms with Crippen LogP contribution in [0.25, 0.3) is 0 Å². The number of rotatable bonds is 2. The largest absolute Gasteiger partial charge is 0.369 e. The summed E-state index contributed by atoms with van der Waals surface area (Å²) in [6, 6.07) is 5.84. The molecule has 0 unspecified atom stereocenters. The van der Waals surface area contributed by atoms with Crippen molar-refractivity contribution in [2.75, 3.05) is 0 Å². The minimum absolute atomic E-state index is 0.0478. The van der Waals surface area contributed by atoms with E-state index in [2.05, 4.69) is 48.7 Å². The van der Waals surface area contributed by atoms with Gasteiger partial charge >= 0.3 is 0 Å². The molecule has 0 bridgehead atoms. The lowest BCUT2D eigenvalue weighted by atomic mass is 10.2. The first-order chi connectivity index (χ1) is 6.59. The van der Waals surface area contributed by atoms with Crippen molar-refractivity contribution in [3.05, 3.63) is 31.8 Å². The SMILES string of the molecule is NC(N)=N/N=C/c1ccc(Br)cc1I. The summed E-state index contributed by atoms with van der Waals surface area (Å²) in [7, 11) is 0. The maximum Gasteiger partial charge on any atom is 0.211 e. The summed E-state index contributed by atoms with van der Waals surface area (Å²) in [5.74, 6) is -0.0478. The van der Waals surface area contributed by atoms with E-state index < -0.39 is 0 Å². The van der Waals surface area contributed by atoms with Gasteiger partial charge in [0, 0.05) is 13.6 Å². The molecule has 0 amide bonds. The van der Waals surface area contributed by atoms with Crippen LogP contribution in [0.2, 0.25) is 0 Å². The van der Waals surface area contributed by atoms with E-state index in [0.29, 0.717) is 0 Å². The molecule has 4 N–H and O–H groups in total. The van der Waals surface area contributed by atoms with Gasteiger partial charge in [-0.1, -0.05) is 22.0 Å². The molecule has 0 atom stereocenters. The summed E-state index contributed by atoms with van der Waals surface area (Å²) < 4.78 is 2.10. The minimum Gasteiger partial charge on any atom is -0.369 e. The van der Waals surface area contributed by atoms with Crippen LogP contribution in [0, 0.1) is 3.57 Å². The van der Waals surface area contributed by atoms with Gasteiger partial charge in [0.25, 0.3) is 0 Å². The minimum atomic E-state index is -0.0478.